The van der Waals surface area contributed by atoms with Crippen LogP contribution in [0.5, 0.6) is 0 Å². The van der Waals surface area contributed by atoms with Crippen LogP contribution in [-0.4, -0.2) is 86.1 Å². The largest absolute Gasteiger partial charge is 0.373 e. The van der Waals surface area contributed by atoms with Gasteiger partial charge in [-0.1, -0.05) is 12.1 Å². The summed E-state index contributed by atoms with van der Waals surface area (Å²) in [5.74, 6) is -0.156. The van der Waals surface area contributed by atoms with Crippen LogP contribution in [0.25, 0.3) is 0 Å². The van der Waals surface area contributed by atoms with E-state index in [0.717, 1.165) is 45.8 Å². The Labute approximate surface area is 174 Å². The molecule has 2 aliphatic heterocycles. The summed E-state index contributed by atoms with van der Waals surface area (Å²) in [7, 11) is 0. The molecule has 0 spiro atoms. The highest BCUT2D eigenvalue weighted by atomic mass is 16.2. The first-order valence-electron chi connectivity index (χ1n) is 10.4. The van der Waals surface area contributed by atoms with Crippen LogP contribution in [0.4, 0.5) is 5.69 Å². The Kier molecular flexibility index (Phi) is 7.13. The maximum atomic E-state index is 12.8. The van der Waals surface area contributed by atoms with Gasteiger partial charge in [-0.25, -0.2) is 0 Å². The molecular weight excluding hydrogens is 364 g/mol. The lowest BCUT2D eigenvalue weighted by atomic mass is 10.1. The van der Waals surface area contributed by atoms with E-state index in [-0.39, 0.29) is 11.5 Å². The molecule has 1 aromatic rings. The minimum absolute atomic E-state index is 0.156. The van der Waals surface area contributed by atoms with Gasteiger partial charge in [0.1, 0.15) is 11.6 Å². The quantitative estimate of drug-likeness (QED) is 0.589. The van der Waals surface area contributed by atoms with Gasteiger partial charge in [-0.05, 0) is 31.0 Å². The second kappa shape index (κ2) is 9.77. The average molecular weight is 397 g/mol. The third kappa shape index (κ3) is 5.08. The number of benzene rings is 1. The van der Waals surface area contributed by atoms with Gasteiger partial charge in [0.15, 0.2) is 0 Å². The van der Waals surface area contributed by atoms with Crippen molar-refractivity contribution in [3.8, 4) is 6.07 Å². The predicted octanol–water partition coefficient (Wildman–Crippen LogP) is 0.936. The van der Waals surface area contributed by atoms with Gasteiger partial charge >= 0.3 is 0 Å². The van der Waals surface area contributed by atoms with E-state index in [1.807, 2.05) is 0 Å². The third-order valence-corrected chi connectivity index (χ3v) is 6.00. The molecule has 2 heterocycles. The van der Waals surface area contributed by atoms with E-state index in [9.17, 15) is 10.1 Å². The van der Waals surface area contributed by atoms with Gasteiger partial charge in [-0.2, -0.15) is 5.26 Å². The van der Waals surface area contributed by atoms with Crippen molar-refractivity contribution in [3.63, 3.8) is 0 Å². The number of carbonyl (C=O) groups is 1. The highest BCUT2D eigenvalue weighted by Crippen LogP contribution is 2.24. The number of hydrogen-bond donors (Lipinski definition) is 1. The molecule has 0 bridgehead atoms. The van der Waals surface area contributed by atoms with Crippen molar-refractivity contribution in [2.45, 2.75) is 13.8 Å². The van der Waals surface area contributed by atoms with Crippen LogP contribution in [0.3, 0.4) is 0 Å². The summed E-state index contributed by atoms with van der Waals surface area (Å²) in [6.07, 6.45) is 1.76. The Morgan fingerprint density at radius 3 is 2.41 bits per heavy atom. The average Bonchev–Trinajstić information content (AvgIpc) is 2.75. The van der Waals surface area contributed by atoms with Crippen LogP contribution in [0, 0.1) is 25.2 Å². The van der Waals surface area contributed by atoms with Crippen molar-refractivity contribution in [1.29, 1.82) is 5.26 Å². The Bertz CT molecular complexity index is 783. The second-order valence-electron chi connectivity index (χ2n) is 7.82. The van der Waals surface area contributed by atoms with Crippen molar-refractivity contribution in [1.82, 2.24) is 14.7 Å². The maximum Gasteiger partial charge on any atom is 0.266 e. The molecule has 2 N–H and O–H groups in total. The van der Waals surface area contributed by atoms with Gasteiger partial charge in [0.05, 0.1) is 0 Å². The van der Waals surface area contributed by atoms with E-state index in [4.69, 9.17) is 5.73 Å². The number of aryl methyl sites for hydroxylation is 1. The van der Waals surface area contributed by atoms with Gasteiger partial charge < -0.3 is 20.4 Å². The van der Waals surface area contributed by atoms with E-state index < -0.39 is 0 Å². The minimum atomic E-state index is -0.156. The summed E-state index contributed by atoms with van der Waals surface area (Å²) in [4.78, 5) is 21.3. The molecule has 2 saturated heterocycles. The molecule has 1 amide bonds. The van der Waals surface area contributed by atoms with Crippen LogP contribution in [0.1, 0.15) is 11.1 Å². The maximum absolute atomic E-state index is 12.8. The fourth-order valence-corrected chi connectivity index (χ4v) is 4.01. The highest BCUT2D eigenvalue weighted by molar-refractivity contribution is 5.97. The number of amides is 1. The molecule has 7 heteroatoms. The van der Waals surface area contributed by atoms with E-state index in [1.54, 1.807) is 11.1 Å². The van der Waals surface area contributed by atoms with Crippen molar-refractivity contribution >= 4 is 11.6 Å². The lowest BCUT2D eigenvalue weighted by Crippen LogP contribution is -2.50. The number of carbonyl (C=O) groups excluding carboxylic acids is 1. The van der Waals surface area contributed by atoms with Gasteiger partial charge in [-0.15, -0.1) is 0 Å². The molecule has 156 valence electrons. The Morgan fingerprint density at radius 2 is 1.79 bits per heavy atom. The van der Waals surface area contributed by atoms with Gasteiger partial charge in [0.25, 0.3) is 5.91 Å². The standard InChI is InChI=1S/C22H32N6O/c1-18-4-3-5-21(19(18)2)27-12-10-26(11-13-27)17-20(16-24)22(29)28-14-8-25(7-6-23)9-15-28/h3-5,17H,6-15,23H2,1-2H3/b20-17-. The summed E-state index contributed by atoms with van der Waals surface area (Å²) in [6, 6.07) is 8.53. The number of hydrogen-bond acceptors (Lipinski definition) is 6. The lowest BCUT2D eigenvalue weighted by Gasteiger charge is -2.37. The fourth-order valence-electron chi connectivity index (χ4n) is 4.01. The molecule has 0 aliphatic carbocycles. The summed E-state index contributed by atoms with van der Waals surface area (Å²) < 4.78 is 0. The summed E-state index contributed by atoms with van der Waals surface area (Å²) >= 11 is 0. The molecule has 0 aromatic heterocycles. The minimum Gasteiger partial charge on any atom is -0.373 e. The zero-order valence-electron chi connectivity index (χ0n) is 17.6. The highest BCUT2D eigenvalue weighted by Gasteiger charge is 2.25. The van der Waals surface area contributed by atoms with Gasteiger partial charge in [0.2, 0.25) is 0 Å². The molecule has 2 fully saturated rings. The molecular formula is C22H32N6O. The first kappa shape index (κ1) is 21.2. The van der Waals surface area contributed by atoms with Crippen molar-refractivity contribution in [2.75, 3.05) is 70.3 Å². The summed E-state index contributed by atoms with van der Waals surface area (Å²) in [6.45, 7) is 12.1. The van der Waals surface area contributed by atoms with Crippen molar-refractivity contribution < 1.29 is 4.79 Å². The summed E-state index contributed by atoms with van der Waals surface area (Å²) in [5.41, 5.74) is 9.74. The van der Waals surface area contributed by atoms with E-state index in [1.165, 1.54) is 16.8 Å². The zero-order chi connectivity index (χ0) is 20.8. The molecule has 0 unspecified atom stereocenters. The SMILES string of the molecule is Cc1cccc(N2CCN(/C=C(/C#N)C(=O)N3CCN(CCN)CC3)CC2)c1C. The molecule has 0 saturated carbocycles. The van der Waals surface area contributed by atoms with Crippen LogP contribution < -0.4 is 10.6 Å². The molecule has 0 radical (unpaired) electrons. The number of nitrogens with two attached hydrogens (primary N) is 1. The van der Waals surface area contributed by atoms with Gasteiger partial charge in [-0.3, -0.25) is 9.69 Å². The number of anilines is 1. The number of nitrogens with zero attached hydrogens (tertiary/aromatic N) is 5. The predicted molar refractivity (Wildman–Crippen MR) is 115 cm³/mol. The number of nitriles is 1. The first-order valence-corrected chi connectivity index (χ1v) is 10.4. The topological polar surface area (TPSA) is 79.8 Å². The molecule has 3 rings (SSSR count). The monoisotopic (exact) mass is 396 g/mol. The Balaban J connectivity index is 1.57. The van der Waals surface area contributed by atoms with Crippen LogP contribution in [-0.2, 0) is 4.79 Å². The second-order valence-corrected chi connectivity index (χ2v) is 7.82. The Morgan fingerprint density at radius 1 is 1.10 bits per heavy atom. The zero-order valence-corrected chi connectivity index (χ0v) is 17.6. The normalized spacial score (nSPS) is 18.7. The van der Waals surface area contributed by atoms with Crippen LogP contribution in [0.2, 0.25) is 0 Å². The molecule has 7 nitrogen and oxygen atoms in total. The van der Waals surface area contributed by atoms with E-state index in [0.29, 0.717) is 19.6 Å². The van der Waals surface area contributed by atoms with Gasteiger partial charge in [0, 0.05) is 77.3 Å². The van der Waals surface area contributed by atoms with Crippen molar-refractivity contribution in [2.24, 2.45) is 5.73 Å². The number of rotatable bonds is 5. The van der Waals surface area contributed by atoms with Crippen LogP contribution in [0.15, 0.2) is 30.0 Å². The summed E-state index contributed by atoms with van der Waals surface area (Å²) in [5, 5.41) is 9.56. The molecule has 1 aromatic carbocycles. The molecule has 0 atom stereocenters. The van der Waals surface area contributed by atoms with Crippen LogP contribution >= 0.6 is 0 Å². The lowest BCUT2D eigenvalue weighted by molar-refractivity contribution is -0.128. The molecule has 2 aliphatic rings. The van der Waals surface area contributed by atoms with E-state index >= 15 is 0 Å². The molecule has 29 heavy (non-hydrogen) atoms. The Hall–Kier alpha value is -2.56. The van der Waals surface area contributed by atoms with E-state index in [2.05, 4.69) is 52.8 Å². The fraction of sp³-hybridized carbons (Fsp3) is 0.545. The number of piperazine rings is 2. The smallest absolute Gasteiger partial charge is 0.266 e. The third-order valence-electron chi connectivity index (χ3n) is 6.00. The van der Waals surface area contributed by atoms with Crippen molar-refractivity contribution in [3.05, 3.63) is 41.1 Å². The first-order chi connectivity index (χ1) is 14.0.